The van der Waals surface area contributed by atoms with Crippen molar-refractivity contribution < 1.29 is 23.7 Å². The fourth-order valence-corrected chi connectivity index (χ4v) is 5.02. The third-order valence-electron chi connectivity index (χ3n) is 7.12. The topological polar surface area (TPSA) is 46.2 Å². The number of hydrogen-bond donors (Lipinski definition) is 0. The molecule has 41 heavy (non-hydrogen) atoms. The van der Waals surface area contributed by atoms with Crippen LogP contribution in [-0.4, -0.2) is 37.1 Å². The van der Waals surface area contributed by atoms with Crippen molar-refractivity contribution >= 4 is 0 Å². The van der Waals surface area contributed by atoms with Gasteiger partial charge in [0.2, 0.25) is 0 Å². The molecule has 1 heterocycles. The van der Waals surface area contributed by atoms with Crippen LogP contribution in [0.2, 0.25) is 0 Å². The van der Waals surface area contributed by atoms with Crippen LogP contribution in [0.25, 0.3) is 0 Å². The third kappa shape index (κ3) is 9.09. The highest BCUT2D eigenvalue weighted by Crippen LogP contribution is 2.30. The van der Waals surface area contributed by atoms with Crippen LogP contribution in [0.5, 0.6) is 0 Å². The van der Waals surface area contributed by atoms with Crippen molar-refractivity contribution in [2.24, 2.45) is 0 Å². The van der Waals surface area contributed by atoms with Gasteiger partial charge in [0, 0.05) is 0 Å². The zero-order valence-electron chi connectivity index (χ0n) is 23.0. The first-order chi connectivity index (χ1) is 19.8. The van der Waals surface area contributed by atoms with Gasteiger partial charge in [0.05, 0.1) is 39.1 Å². The lowest BCUT2D eigenvalue weighted by atomic mass is 9.94. The Morgan fingerprint density at radius 1 is 0.488 bits per heavy atom. The number of rotatable bonds is 13. The van der Waals surface area contributed by atoms with E-state index in [9.17, 15) is 0 Å². The van der Waals surface area contributed by atoms with Crippen molar-refractivity contribution in [2.75, 3.05) is 6.61 Å². The molecule has 5 heteroatoms. The minimum atomic E-state index is -0.392. The van der Waals surface area contributed by atoms with Gasteiger partial charge in [0.15, 0.2) is 0 Å². The van der Waals surface area contributed by atoms with Gasteiger partial charge >= 0.3 is 0 Å². The number of hydrogen-bond acceptors (Lipinski definition) is 5. The molecule has 1 fully saturated rings. The Morgan fingerprint density at radius 2 is 0.854 bits per heavy atom. The van der Waals surface area contributed by atoms with Gasteiger partial charge < -0.3 is 23.7 Å². The second-order valence-electron chi connectivity index (χ2n) is 10.2. The van der Waals surface area contributed by atoms with Gasteiger partial charge in [-0.15, -0.1) is 0 Å². The van der Waals surface area contributed by atoms with E-state index in [1.807, 2.05) is 79.7 Å². The van der Waals surface area contributed by atoms with Crippen molar-refractivity contribution in [1.82, 2.24) is 0 Å². The Hall–Kier alpha value is -3.32. The van der Waals surface area contributed by atoms with Crippen LogP contribution in [0.15, 0.2) is 121 Å². The van der Waals surface area contributed by atoms with E-state index in [1.165, 1.54) is 0 Å². The van der Waals surface area contributed by atoms with E-state index >= 15 is 0 Å². The van der Waals surface area contributed by atoms with Crippen LogP contribution < -0.4 is 0 Å². The van der Waals surface area contributed by atoms with Crippen molar-refractivity contribution in [1.29, 1.82) is 0 Å². The SMILES string of the molecule is C.C[C@@H]1OC(COCc2ccccc2)[C@@H](OCc2ccccc2)C(OCc2ccccc2)C1OCc1ccccc1. The maximum atomic E-state index is 6.65. The molecule has 0 amide bonds. The van der Waals surface area contributed by atoms with Crippen LogP contribution in [0.3, 0.4) is 0 Å². The molecule has 4 aromatic carbocycles. The minimum Gasteiger partial charge on any atom is -0.374 e. The summed E-state index contributed by atoms with van der Waals surface area (Å²) in [6.45, 7) is 4.29. The van der Waals surface area contributed by atoms with Crippen LogP contribution in [0.4, 0.5) is 0 Å². The molecule has 1 aliphatic rings. The molecule has 5 atom stereocenters. The molecule has 1 aliphatic heterocycles. The van der Waals surface area contributed by atoms with E-state index in [4.69, 9.17) is 23.7 Å². The van der Waals surface area contributed by atoms with Gasteiger partial charge in [0.25, 0.3) is 0 Å². The van der Waals surface area contributed by atoms with Crippen molar-refractivity contribution in [2.45, 2.75) is 71.3 Å². The van der Waals surface area contributed by atoms with Crippen molar-refractivity contribution in [3.63, 3.8) is 0 Å². The standard InChI is InChI=1S/C35H38O5.CH4/c1-27-33(37-23-29-16-8-3-9-17-29)35(39-25-31-20-12-5-13-21-31)34(38-24-30-18-10-4-11-19-30)32(40-27)26-36-22-28-14-6-2-7-15-28;/h2-21,27,32-35H,22-26H2,1H3;1H4/t27-,32?,33?,34+,35?;/m0./s1. The number of ether oxygens (including phenoxy) is 5. The molecule has 0 spiro atoms. The Morgan fingerprint density at radius 3 is 1.29 bits per heavy atom. The molecule has 4 aromatic rings. The van der Waals surface area contributed by atoms with Gasteiger partial charge in [-0.1, -0.05) is 129 Å². The summed E-state index contributed by atoms with van der Waals surface area (Å²) in [7, 11) is 0. The fraction of sp³-hybridized carbons (Fsp3) is 0.333. The molecule has 0 radical (unpaired) electrons. The van der Waals surface area contributed by atoms with Gasteiger partial charge in [-0.25, -0.2) is 0 Å². The normalized spacial score (nSPS) is 22.1. The summed E-state index contributed by atoms with van der Waals surface area (Å²) in [6, 6.07) is 40.8. The van der Waals surface area contributed by atoms with Crippen molar-refractivity contribution in [3.8, 4) is 0 Å². The lowest BCUT2D eigenvalue weighted by Gasteiger charge is -2.45. The first-order valence-corrected chi connectivity index (χ1v) is 14.0. The Kier molecular flexibility index (Phi) is 12.1. The second-order valence-corrected chi connectivity index (χ2v) is 10.2. The Balaban J connectivity index is 0.00000387. The molecule has 5 rings (SSSR count). The average molecular weight is 555 g/mol. The van der Waals surface area contributed by atoms with E-state index in [0.29, 0.717) is 33.0 Å². The lowest BCUT2D eigenvalue weighted by Crippen LogP contribution is -2.60. The number of benzene rings is 4. The molecular weight excluding hydrogens is 512 g/mol. The molecule has 216 valence electrons. The zero-order valence-corrected chi connectivity index (χ0v) is 23.0. The van der Waals surface area contributed by atoms with E-state index in [1.54, 1.807) is 0 Å². The lowest BCUT2D eigenvalue weighted by molar-refractivity contribution is -0.269. The fourth-order valence-electron chi connectivity index (χ4n) is 5.02. The molecule has 0 N–H and O–H groups in total. The molecule has 0 bridgehead atoms. The van der Waals surface area contributed by atoms with Crippen LogP contribution in [-0.2, 0) is 50.1 Å². The summed E-state index contributed by atoms with van der Waals surface area (Å²) in [4.78, 5) is 0. The summed E-state index contributed by atoms with van der Waals surface area (Å²) < 4.78 is 32.5. The molecule has 3 unspecified atom stereocenters. The molecular formula is C36H42O5. The van der Waals surface area contributed by atoms with Gasteiger partial charge in [-0.05, 0) is 29.2 Å². The van der Waals surface area contributed by atoms with E-state index in [2.05, 4.69) is 48.5 Å². The highest BCUT2D eigenvalue weighted by Gasteiger charge is 2.46. The quantitative estimate of drug-likeness (QED) is 0.173. The van der Waals surface area contributed by atoms with Crippen LogP contribution >= 0.6 is 0 Å². The van der Waals surface area contributed by atoms with E-state index in [0.717, 1.165) is 22.3 Å². The molecule has 5 nitrogen and oxygen atoms in total. The first-order valence-electron chi connectivity index (χ1n) is 14.0. The Bertz CT molecular complexity index is 1240. The van der Waals surface area contributed by atoms with E-state index < -0.39 is 6.10 Å². The smallest absolute Gasteiger partial charge is 0.115 e. The summed E-state index contributed by atoms with van der Waals surface area (Å²) in [6.07, 6.45) is -1.61. The monoisotopic (exact) mass is 554 g/mol. The summed E-state index contributed by atoms with van der Waals surface area (Å²) in [5.74, 6) is 0. The maximum absolute atomic E-state index is 6.65. The van der Waals surface area contributed by atoms with Crippen LogP contribution in [0, 0.1) is 0 Å². The van der Waals surface area contributed by atoms with Gasteiger partial charge in [0.1, 0.15) is 24.4 Å². The molecule has 1 saturated heterocycles. The van der Waals surface area contributed by atoms with Crippen LogP contribution in [0.1, 0.15) is 36.6 Å². The van der Waals surface area contributed by atoms with Crippen molar-refractivity contribution in [3.05, 3.63) is 144 Å². The predicted molar refractivity (Wildman–Crippen MR) is 162 cm³/mol. The minimum absolute atomic E-state index is 0. The molecule has 0 saturated carbocycles. The van der Waals surface area contributed by atoms with E-state index in [-0.39, 0.29) is 31.8 Å². The van der Waals surface area contributed by atoms with Gasteiger partial charge in [-0.3, -0.25) is 0 Å². The summed E-state index contributed by atoms with van der Waals surface area (Å²) >= 11 is 0. The summed E-state index contributed by atoms with van der Waals surface area (Å²) in [5.41, 5.74) is 4.41. The molecule has 0 aromatic heterocycles. The highest BCUT2D eigenvalue weighted by molar-refractivity contribution is 5.16. The summed E-state index contributed by atoms with van der Waals surface area (Å²) in [5, 5.41) is 0. The zero-order chi connectivity index (χ0) is 27.4. The Labute approximate surface area is 245 Å². The third-order valence-corrected chi connectivity index (χ3v) is 7.12. The first kappa shape index (κ1) is 30.6. The predicted octanol–water partition coefficient (Wildman–Crippen LogP) is 7.38. The van der Waals surface area contributed by atoms with Gasteiger partial charge in [-0.2, -0.15) is 0 Å². The highest BCUT2D eigenvalue weighted by atomic mass is 16.6. The average Bonchev–Trinajstić information content (AvgIpc) is 3.01. The largest absolute Gasteiger partial charge is 0.374 e. The maximum Gasteiger partial charge on any atom is 0.115 e. The second kappa shape index (κ2) is 16.2. The molecule has 0 aliphatic carbocycles.